The predicted molar refractivity (Wildman–Crippen MR) is 86.6 cm³/mol. The van der Waals surface area contributed by atoms with Gasteiger partial charge in [0.05, 0.1) is 18.6 Å². The van der Waals surface area contributed by atoms with E-state index >= 15 is 0 Å². The minimum atomic E-state index is -0.388. The zero-order valence-corrected chi connectivity index (χ0v) is 13.2. The van der Waals surface area contributed by atoms with Gasteiger partial charge in [-0.2, -0.15) is 0 Å². The van der Waals surface area contributed by atoms with Gasteiger partial charge in [-0.05, 0) is 61.2 Å². The smallest absolute Gasteiger partial charge is 0.224 e. The summed E-state index contributed by atoms with van der Waals surface area (Å²) in [7, 11) is 0. The molecule has 0 bridgehead atoms. The van der Waals surface area contributed by atoms with Crippen molar-refractivity contribution in [1.82, 2.24) is 5.32 Å². The first-order chi connectivity index (χ1) is 11.6. The summed E-state index contributed by atoms with van der Waals surface area (Å²) in [6, 6.07) is 12.0. The number of hydrogen-bond donors (Lipinski definition) is 1. The maximum atomic E-state index is 13.1. The molecule has 2 aromatic carbocycles. The molecule has 1 saturated carbocycles. The lowest BCUT2D eigenvalue weighted by Crippen LogP contribution is -2.51. The second kappa shape index (κ2) is 6.99. The number of carbonyl (C=O) groups is 1. The Morgan fingerprint density at radius 1 is 1.00 bits per heavy atom. The number of ether oxygens (including phenoxy) is 1. The van der Waals surface area contributed by atoms with Crippen LogP contribution in [0, 0.1) is 11.6 Å². The highest BCUT2D eigenvalue weighted by molar-refractivity contribution is 5.77. The molecule has 0 aliphatic heterocycles. The first-order valence-corrected chi connectivity index (χ1v) is 8.03. The number of carbonyl (C=O) groups excluding carboxylic acids is 1. The fourth-order valence-electron chi connectivity index (χ4n) is 2.91. The standard InChI is InChI=1S/C19H19F2NO2/c20-15-4-2-14(3-5-15)19(11-1-12-19)22-18(23)10-13-24-17-8-6-16(21)7-9-17/h2-9H,1,10-13H2,(H,22,23). The maximum absolute atomic E-state index is 13.1. The molecule has 0 spiro atoms. The molecule has 126 valence electrons. The number of nitrogens with one attached hydrogen (secondary N) is 1. The van der Waals surface area contributed by atoms with Gasteiger partial charge in [0.25, 0.3) is 0 Å². The van der Waals surface area contributed by atoms with Gasteiger partial charge >= 0.3 is 0 Å². The lowest BCUT2D eigenvalue weighted by Gasteiger charge is -2.43. The first kappa shape index (κ1) is 16.4. The number of halogens is 2. The summed E-state index contributed by atoms with van der Waals surface area (Å²) >= 11 is 0. The maximum Gasteiger partial charge on any atom is 0.224 e. The Morgan fingerprint density at radius 2 is 1.58 bits per heavy atom. The third kappa shape index (κ3) is 3.72. The summed E-state index contributed by atoms with van der Waals surface area (Å²) in [6.45, 7) is 0.219. The van der Waals surface area contributed by atoms with Gasteiger partial charge in [0.15, 0.2) is 0 Å². The van der Waals surface area contributed by atoms with E-state index in [4.69, 9.17) is 4.74 Å². The molecule has 3 rings (SSSR count). The van der Waals surface area contributed by atoms with E-state index in [0.29, 0.717) is 5.75 Å². The Hall–Kier alpha value is -2.43. The van der Waals surface area contributed by atoms with Crippen molar-refractivity contribution in [3.8, 4) is 5.75 Å². The van der Waals surface area contributed by atoms with Crippen molar-refractivity contribution in [2.75, 3.05) is 6.61 Å². The van der Waals surface area contributed by atoms with Crippen molar-refractivity contribution >= 4 is 5.91 Å². The Bertz CT molecular complexity index is 694. The Kier molecular flexibility index (Phi) is 4.79. The normalized spacial score (nSPS) is 15.4. The van der Waals surface area contributed by atoms with Crippen molar-refractivity contribution in [3.63, 3.8) is 0 Å². The second-order valence-corrected chi connectivity index (χ2v) is 6.04. The van der Waals surface area contributed by atoms with Gasteiger partial charge in [-0.3, -0.25) is 4.79 Å². The topological polar surface area (TPSA) is 38.3 Å². The fraction of sp³-hybridized carbons (Fsp3) is 0.316. The molecule has 0 unspecified atom stereocenters. The average molecular weight is 331 g/mol. The molecule has 24 heavy (non-hydrogen) atoms. The van der Waals surface area contributed by atoms with E-state index in [2.05, 4.69) is 5.32 Å². The van der Waals surface area contributed by atoms with Crippen molar-refractivity contribution in [2.24, 2.45) is 0 Å². The van der Waals surface area contributed by atoms with Crippen LogP contribution in [0.25, 0.3) is 0 Å². The van der Waals surface area contributed by atoms with E-state index in [1.807, 2.05) is 0 Å². The van der Waals surface area contributed by atoms with E-state index < -0.39 is 0 Å². The van der Waals surface area contributed by atoms with Crippen LogP contribution < -0.4 is 10.1 Å². The van der Waals surface area contributed by atoms with Crippen LogP contribution in [0.4, 0.5) is 8.78 Å². The van der Waals surface area contributed by atoms with Gasteiger partial charge in [0.1, 0.15) is 17.4 Å². The molecule has 0 atom stereocenters. The molecule has 3 nitrogen and oxygen atoms in total. The van der Waals surface area contributed by atoms with Gasteiger partial charge in [-0.1, -0.05) is 12.1 Å². The summed E-state index contributed by atoms with van der Waals surface area (Å²) in [5.41, 5.74) is 0.545. The Morgan fingerprint density at radius 3 is 2.12 bits per heavy atom. The molecule has 1 N–H and O–H groups in total. The van der Waals surface area contributed by atoms with Crippen molar-refractivity contribution in [2.45, 2.75) is 31.2 Å². The number of amides is 1. The zero-order chi connectivity index (χ0) is 17.0. The highest BCUT2D eigenvalue weighted by Crippen LogP contribution is 2.41. The van der Waals surface area contributed by atoms with Gasteiger partial charge < -0.3 is 10.1 Å². The number of benzene rings is 2. The van der Waals surface area contributed by atoms with Crippen LogP contribution in [-0.4, -0.2) is 12.5 Å². The largest absolute Gasteiger partial charge is 0.493 e. The minimum Gasteiger partial charge on any atom is -0.493 e. The first-order valence-electron chi connectivity index (χ1n) is 8.03. The van der Waals surface area contributed by atoms with Gasteiger partial charge in [-0.25, -0.2) is 8.78 Å². The molecular formula is C19H19F2NO2. The molecule has 5 heteroatoms. The van der Waals surface area contributed by atoms with Crippen LogP contribution in [0.2, 0.25) is 0 Å². The van der Waals surface area contributed by atoms with Crippen LogP contribution in [0.5, 0.6) is 5.75 Å². The van der Waals surface area contributed by atoms with Crippen LogP contribution in [0.1, 0.15) is 31.2 Å². The summed E-state index contributed by atoms with van der Waals surface area (Å²) in [5, 5.41) is 3.06. The zero-order valence-electron chi connectivity index (χ0n) is 13.2. The number of rotatable bonds is 6. The lowest BCUT2D eigenvalue weighted by atomic mass is 9.71. The molecule has 2 aromatic rings. The second-order valence-electron chi connectivity index (χ2n) is 6.04. The van der Waals surface area contributed by atoms with Crippen molar-refractivity contribution in [1.29, 1.82) is 0 Å². The van der Waals surface area contributed by atoms with Crippen LogP contribution >= 0.6 is 0 Å². The molecular weight excluding hydrogens is 312 g/mol. The highest BCUT2D eigenvalue weighted by atomic mass is 19.1. The van der Waals surface area contributed by atoms with Crippen LogP contribution in [0.3, 0.4) is 0 Å². The molecule has 1 aliphatic carbocycles. The van der Waals surface area contributed by atoms with E-state index in [1.54, 1.807) is 12.1 Å². The summed E-state index contributed by atoms with van der Waals surface area (Å²) in [4.78, 5) is 12.2. The molecule has 0 radical (unpaired) electrons. The molecule has 0 saturated heterocycles. The van der Waals surface area contributed by atoms with Crippen LogP contribution in [-0.2, 0) is 10.3 Å². The summed E-state index contributed by atoms with van der Waals surface area (Å²) < 4.78 is 31.3. The molecule has 0 aromatic heterocycles. The van der Waals surface area contributed by atoms with Gasteiger partial charge in [0, 0.05) is 0 Å². The molecule has 1 aliphatic rings. The van der Waals surface area contributed by atoms with Crippen LogP contribution in [0.15, 0.2) is 48.5 Å². The van der Waals surface area contributed by atoms with Crippen molar-refractivity contribution in [3.05, 3.63) is 65.7 Å². The van der Waals surface area contributed by atoms with Crippen molar-refractivity contribution < 1.29 is 18.3 Å². The molecule has 1 fully saturated rings. The Balaban J connectivity index is 1.53. The molecule has 0 heterocycles. The van der Waals surface area contributed by atoms with Gasteiger partial charge in [-0.15, -0.1) is 0 Å². The van der Waals surface area contributed by atoms with E-state index in [-0.39, 0.29) is 36.1 Å². The van der Waals surface area contributed by atoms with E-state index in [1.165, 1.54) is 36.4 Å². The van der Waals surface area contributed by atoms with E-state index in [0.717, 1.165) is 24.8 Å². The van der Waals surface area contributed by atoms with E-state index in [9.17, 15) is 13.6 Å². The SMILES string of the molecule is O=C(CCOc1ccc(F)cc1)NC1(c2ccc(F)cc2)CCC1. The monoisotopic (exact) mass is 331 g/mol. The fourth-order valence-corrected chi connectivity index (χ4v) is 2.91. The third-order valence-corrected chi connectivity index (χ3v) is 4.39. The minimum absolute atomic E-state index is 0.110. The summed E-state index contributed by atoms with van der Waals surface area (Å²) in [5.74, 6) is -0.194. The Labute approximate surface area is 139 Å². The molecule has 1 amide bonds. The lowest BCUT2D eigenvalue weighted by molar-refractivity contribution is -0.124. The average Bonchev–Trinajstić information content (AvgIpc) is 2.54. The third-order valence-electron chi connectivity index (χ3n) is 4.39. The quantitative estimate of drug-likeness (QED) is 0.871. The van der Waals surface area contributed by atoms with Gasteiger partial charge in [0.2, 0.25) is 5.91 Å². The summed E-state index contributed by atoms with van der Waals surface area (Å²) in [6.07, 6.45) is 2.94. The number of hydrogen-bond acceptors (Lipinski definition) is 2. The predicted octanol–water partition coefficient (Wildman–Crippen LogP) is 3.93. The highest BCUT2D eigenvalue weighted by Gasteiger charge is 2.39.